The van der Waals surface area contributed by atoms with Crippen LogP contribution in [0.15, 0.2) is 5.38 Å². The molecule has 0 saturated carbocycles. The van der Waals surface area contributed by atoms with Gasteiger partial charge in [-0.15, -0.1) is 11.3 Å². The van der Waals surface area contributed by atoms with Crippen LogP contribution in [0.3, 0.4) is 0 Å². The van der Waals surface area contributed by atoms with Crippen LogP contribution < -0.4 is 4.90 Å². The monoisotopic (exact) mass is 295 g/mol. The van der Waals surface area contributed by atoms with Gasteiger partial charge in [0.05, 0.1) is 18.2 Å². The smallest absolute Gasteiger partial charge is 0.315 e. The van der Waals surface area contributed by atoms with Crippen LogP contribution >= 0.6 is 11.3 Å². The first-order valence-electron chi connectivity index (χ1n) is 6.60. The van der Waals surface area contributed by atoms with E-state index in [1.54, 1.807) is 19.2 Å². The van der Waals surface area contributed by atoms with Crippen molar-refractivity contribution >= 4 is 22.4 Å². The number of hydrogen-bond acceptors (Lipinski definition) is 5. The summed E-state index contributed by atoms with van der Waals surface area (Å²) < 4.78 is 0. The van der Waals surface area contributed by atoms with Gasteiger partial charge in [-0.2, -0.15) is 5.26 Å². The highest BCUT2D eigenvalue weighted by Crippen LogP contribution is 2.29. The summed E-state index contributed by atoms with van der Waals surface area (Å²) >= 11 is 1.44. The maximum absolute atomic E-state index is 11.3. The molecule has 6 heteroatoms. The lowest BCUT2D eigenvalue weighted by atomic mass is 9.90. The minimum Gasteiger partial charge on any atom is -0.481 e. The highest BCUT2D eigenvalue weighted by atomic mass is 32.1. The lowest BCUT2D eigenvalue weighted by Gasteiger charge is -2.23. The first kappa shape index (κ1) is 16.4. The highest BCUT2D eigenvalue weighted by molar-refractivity contribution is 7.13. The van der Waals surface area contributed by atoms with E-state index in [4.69, 9.17) is 5.26 Å². The van der Waals surface area contributed by atoms with Crippen LogP contribution in [0.2, 0.25) is 0 Å². The summed E-state index contributed by atoms with van der Waals surface area (Å²) in [5.74, 6) is -0.435. The molecule has 0 saturated heterocycles. The molecule has 20 heavy (non-hydrogen) atoms. The third-order valence-corrected chi connectivity index (χ3v) is 3.92. The van der Waals surface area contributed by atoms with Crippen molar-refractivity contribution in [1.29, 1.82) is 5.26 Å². The molecule has 1 aromatic heterocycles. The quantitative estimate of drug-likeness (QED) is 0.837. The van der Waals surface area contributed by atoms with Gasteiger partial charge < -0.3 is 10.0 Å². The van der Waals surface area contributed by atoms with Crippen LogP contribution in [-0.4, -0.2) is 29.1 Å². The van der Waals surface area contributed by atoms with Crippen LogP contribution in [0.5, 0.6) is 0 Å². The Balaban J connectivity index is 2.96. The number of thiazole rings is 1. The average molecular weight is 295 g/mol. The van der Waals surface area contributed by atoms with E-state index in [2.05, 4.69) is 29.8 Å². The van der Waals surface area contributed by atoms with Gasteiger partial charge in [0.1, 0.15) is 5.41 Å². The Hall–Kier alpha value is -1.61. The zero-order chi connectivity index (χ0) is 15.3. The second-order valence-electron chi connectivity index (χ2n) is 5.69. The molecule has 1 aromatic rings. The molecule has 1 heterocycles. The van der Waals surface area contributed by atoms with E-state index in [1.807, 2.05) is 0 Å². The third kappa shape index (κ3) is 3.94. The summed E-state index contributed by atoms with van der Waals surface area (Å²) in [7, 11) is 0. The second-order valence-corrected chi connectivity index (χ2v) is 6.53. The number of carboxylic acid groups (broad SMARTS) is 1. The number of hydrogen-bond donors (Lipinski definition) is 1. The van der Waals surface area contributed by atoms with E-state index in [-0.39, 0.29) is 0 Å². The molecule has 0 fully saturated rings. The largest absolute Gasteiger partial charge is 0.481 e. The fourth-order valence-corrected chi connectivity index (χ4v) is 2.73. The van der Waals surface area contributed by atoms with E-state index < -0.39 is 11.4 Å². The fraction of sp³-hybridized carbons (Fsp3) is 0.643. The number of nitriles is 1. The standard InChI is InChI=1S/C14H21N3O2S/c1-10(2)8-17(7-5-6-15)13-16-11(9-20-13)14(3,4)12(18)19/h9-10H,5,7-8H2,1-4H3,(H,18,19). The number of rotatable bonds is 7. The Morgan fingerprint density at radius 2 is 2.25 bits per heavy atom. The lowest BCUT2D eigenvalue weighted by Crippen LogP contribution is -2.30. The molecular weight excluding hydrogens is 274 g/mol. The molecule has 1 rings (SSSR count). The molecule has 0 spiro atoms. The highest BCUT2D eigenvalue weighted by Gasteiger charge is 2.32. The molecule has 0 amide bonds. The van der Waals surface area contributed by atoms with Crippen molar-refractivity contribution in [2.75, 3.05) is 18.0 Å². The summed E-state index contributed by atoms with van der Waals surface area (Å²) in [6.07, 6.45) is 0.434. The Bertz CT molecular complexity index is 503. The Morgan fingerprint density at radius 1 is 1.60 bits per heavy atom. The zero-order valence-electron chi connectivity index (χ0n) is 12.4. The number of nitrogens with zero attached hydrogens (tertiary/aromatic N) is 3. The van der Waals surface area contributed by atoms with E-state index >= 15 is 0 Å². The number of carboxylic acids is 1. The maximum atomic E-state index is 11.3. The summed E-state index contributed by atoms with van der Waals surface area (Å²) in [5.41, 5.74) is -0.427. The molecule has 0 radical (unpaired) electrons. The van der Waals surface area contributed by atoms with Gasteiger partial charge in [0.2, 0.25) is 0 Å². The molecule has 0 unspecified atom stereocenters. The van der Waals surface area contributed by atoms with E-state index in [0.717, 1.165) is 11.7 Å². The summed E-state index contributed by atoms with van der Waals surface area (Å²) in [5, 5.41) is 20.6. The van der Waals surface area contributed by atoms with Crippen LogP contribution in [0, 0.1) is 17.2 Å². The van der Waals surface area contributed by atoms with Crippen molar-refractivity contribution in [2.45, 2.75) is 39.5 Å². The van der Waals surface area contributed by atoms with E-state index in [0.29, 0.717) is 24.6 Å². The first-order chi connectivity index (χ1) is 9.28. The molecule has 0 aliphatic rings. The summed E-state index contributed by atoms with van der Waals surface area (Å²) in [6, 6.07) is 2.14. The fourth-order valence-electron chi connectivity index (χ4n) is 1.70. The van der Waals surface area contributed by atoms with Crippen molar-refractivity contribution in [3.8, 4) is 6.07 Å². The average Bonchev–Trinajstić information content (AvgIpc) is 2.83. The Morgan fingerprint density at radius 3 is 2.75 bits per heavy atom. The predicted octanol–water partition coefficient (Wildman–Crippen LogP) is 2.88. The first-order valence-corrected chi connectivity index (χ1v) is 7.48. The maximum Gasteiger partial charge on any atom is 0.315 e. The van der Waals surface area contributed by atoms with E-state index in [1.165, 1.54) is 11.3 Å². The van der Waals surface area contributed by atoms with Gasteiger partial charge in [0.15, 0.2) is 5.13 Å². The summed E-state index contributed by atoms with van der Waals surface area (Å²) in [4.78, 5) is 17.8. The lowest BCUT2D eigenvalue weighted by molar-refractivity contribution is -0.142. The Labute approximate surface area is 123 Å². The number of carbonyl (C=O) groups is 1. The summed E-state index contributed by atoms with van der Waals surface area (Å²) in [6.45, 7) is 8.94. The SMILES string of the molecule is CC(C)CN(CCC#N)c1nc(C(C)(C)C(=O)O)cs1. The van der Waals surface area contributed by atoms with Gasteiger partial charge in [-0.25, -0.2) is 4.98 Å². The third-order valence-electron chi connectivity index (χ3n) is 3.02. The molecule has 0 aromatic carbocycles. The van der Waals surface area contributed by atoms with Crippen molar-refractivity contribution < 1.29 is 9.90 Å². The second kappa shape index (κ2) is 6.71. The number of anilines is 1. The molecule has 1 N–H and O–H groups in total. The van der Waals surface area contributed by atoms with Crippen LogP contribution in [-0.2, 0) is 10.2 Å². The normalized spacial score (nSPS) is 11.4. The van der Waals surface area contributed by atoms with Gasteiger partial charge >= 0.3 is 5.97 Å². The molecular formula is C14H21N3O2S. The van der Waals surface area contributed by atoms with Gasteiger partial charge in [-0.3, -0.25) is 4.79 Å². The molecule has 0 atom stereocenters. The van der Waals surface area contributed by atoms with E-state index in [9.17, 15) is 9.90 Å². The van der Waals surface area contributed by atoms with Gasteiger partial charge in [0.25, 0.3) is 0 Å². The predicted molar refractivity (Wildman–Crippen MR) is 80.1 cm³/mol. The minimum absolute atomic E-state index is 0.434. The molecule has 0 bridgehead atoms. The number of aliphatic carboxylic acids is 1. The molecule has 0 aliphatic heterocycles. The van der Waals surface area contributed by atoms with Crippen molar-refractivity contribution in [1.82, 2.24) is 4.98 Å². The molecule has 110 valence electrons. The molecule has 0 aliphatic carbocycles. The van der Waals surface area contributed by atoms with Crippen LogP contribution in [0.1, 0.15) is 39.8 Å². The van der Waals surface area contributed by atoms with Crippen molar-refractivity contribution in [3.05, 3.63) is 11.1 Å². The van der Waals surface area contributed by atoms with Crippen molar-refractivity contribution in [3.63, 3.8) is 0 Å². The van der Waals surface area contributed by atoms with Gasteiger partial charge in [0, 0.05) is 18.5 Å². The Kier molecular flexibility index (Phi) is 5.52. The van der Waals surface area contributed by atoms with Crippen LogP contribution in [0.25, 0.3) is 0 Å². The molecule has 5 nitrogen and oxygen atoms in total. The minimum atomic E-state index is -0.993. The van der Waals surface area contributed by atoms with Gasteiger partial charge in [-0.05, 0) is 19.8 Å². The van der Waals surface area contributed by atoms with Crippen LogP contribution in [0.4, 0.5) is 5.13 Å². The topological polar surface area (TPSA) is 77.2 Å². The van der Waals surface area contributed by atoms with Gasteiger partial charge in [-0.1, -0.05) is 13.8 Å². The van der Waals surface area contributed by atoms with Crippen molar-refractivity contribution in [2.24, 2.45) is 5.92 Å². The number of aromatic nitrogens is 1. The zero-order valence-corrected chi connectivity index (χ0v) is 13.2.